The highest BCUT2D eigenvalue weighted by atomic mass is 16.4. The van der Waals surface area contributed by atoms with Crippen LogP contribution in [0.1, 0.15) is 13.3 Å². The van der Waals surface area contributed by atoms with E-state index in [1.807, 2.05) is 6.92 Å². The predicted molar refractivity (Wildman–Crippen MR) is 37.6 cm³/mol. The second-order valence-electron chi connectivity index (χ2n) is 2.23. The Hall–Kier alpha value is -0.455. The molecule has 50 valence electrons. The minimum absolute atomic E-state index is 0.204. The summed E-state index contributed by atoms with van der Waals surface area (Å²) in [5.41, 5.74) is 0. The molecule has 0 amide bonds. The lowest BCUT2D eigenvalue weighted by atomic mass is 9.78. The van der Waals surface area contributed by atoms with Gasteiger partial charge in [-0.05, 0) is 12.2 Å². The van der Waals surface area contributed by atoms with Gasteiger partial charge in [0.15, 0.2) is 0 Å². The van der Waals surface area contributed by atoms with Crippen molar-refractivity contribution >= 4 is 7.12 Å². The Balaban J connectivity index is 3.29. The van der Waals surface area contributed by atoms with Crippen LogP contribution in [0.25, 0.3) is 0 Å². The van der Waals surface area contributed by atoms with Gasteiger partial charge in [0.2, 0.25) is 0 Å². The molecular formula is C6H11BO2. The van der Waals surface area contributed by atoms with E-state index < -0.39 is 7.12 Å². The van der Waals surface area contributed by atoms with Crippen LogP contribution in [0, 0.1) is 18.3 Å². The Labute approximate surface area is 56.0 Å². The second-order valence-corrected chi connectivity index (χ2v) is 2.23. The molecule has 0 fully saturated rings. The van der Waals surface area contributed by atoms with E-state index in [0.29, 0.717) is 12.7 Å². The van der Waals surface area contributed by atoms with Gasteiger partial charge < -0.3 is 10.0 Å². The number of terminal acetylenes is 1. The molecule has 2 nitrogen and oxygen atoms in total. The highest BCUT2D eigenvalue weighted by molar-refractivity contribution is 6.41. The lowest BCUT2D eigenvalue weighted by Crippen LogP contribution is -2.14. The molecule has 0 heterocycles. The third-order valence-corrected chi connectivity index (χ3v) is 1.08. The van der Waals surface area contributed by atoms with E-state index in [1.165, 1.54) is 0 Å². The fourth-order valence-corrected chi connectivity index (χ4v) is 0.644. The standard InChI is InChI=1S/C6H11BO2/c1-3-4-6(2)5-7(8)9/h1,6,8-9H,4-5H2,2H3. The average Bonchev–Trinajstić information content (AvgIpc) is 1.63. The summed E-state index contributed by atoms with van der Waals surface area (Å²) in [7, 11) is -1.21. The molecule has 0 spiro atoms. The molecule has 9 heavy (non-hydrogen) atoms. The quantitative estimate of drug-likeness (QED) is 0.416. The maximum Gasteiger partial charge on any atom is 0.451 e. The molecule has 2 N–H and O–H groups in total. The summed E-state index contributed by atoms with van der Waals surface area (Å²) in [6, 6.07) is 0. The van der Waals surface area contributed by atoms with Gasteiger partial charge >= 0.3 is 7.12 Å². The van der Waals surface area contributed by atoms with Gasteiger partial charge in [-0.25, -0.2) is 0 Å². The van der Waals surface area contributed by atoms with Crippen molar-refractivity contribution in [3.05, 3.63) is 0 Å². The van der Waals surface area contributed by atoms with Gasteiger partial charge in [-0.3, -0.25) is 0 Å². The first-order valence-electron chi connectivity index (χ1n) is 2.96. The van der Waals surface area contributed by atoms with Crippen molar-refractivity contribution in [2.45, 2.75) is 19.7 Å². The Kier molecular flexibility index (Phi) is 4.20. The predicted octanol–water partition coefficient (Wildman–Crippen LogP) is 0.119. The van der Waals surface area contributed by atoms with Gasteiger partial charge in [0.25, 0.3) is 0 Å². The van der Waals surface area contributed by atoms with E-state index >= 15 is 0 Å². The summed E-state index contributed by atoms with van der Waals surface area (Å²) < 4.78 is 0. The van der Waals surface area contributed by atoms with Gasteiger partial charge in [-0.1, -0.05) is 6.92 Å². The highest BCUT2D eigenvalue weighted by Gasteiger charge is 2.11. The van der Waals surface area contributed by atoms with Crippen LogP contribution < -0.4 is 0 Å². The van der Waals surface area contributed by atoms with Crippen LogP contribution in [0.2, 0.25) is 6.32 Å². The molecule has 0 aromatic heterocycles. The number of rotatable bonds is 3. The van der Waals surface area contributed by atoms with Crippen LogP contribution in [0.4, 0.5) is 0 Å². The van der Waals surface area contributed by atoms with Crippen molar-refractivity contribution in [1.29, 1.82) is 0 Å². The van der Waals surface area contributed by atoms with Crippen LogP contribution in [-0.4, -0.2) is 17.2 Å². The molecule has 0 aromatic rings. The molecule has 1 unspecified atom stereocenters. The van der Waals surface area contributed by atoms with Gasteiger partial charge in [0, 0.05) is 6.42 Å². The van der Waals surface area contributed by atoms with Crippen molar-refractivity contribution in [2.24, 2.45) is 5.92 Å². The normalized spacial score (nSPS) is 12.2. The largest absolute Gasteiger partial charge is 0.451 e. The fraction of sp³-hybridized carbons (Fsp3) is 0.667. The maximum absolute atomic E-state index is 8.44. The minimum Gasteiger partial charge on any atom is -0.427 e. The first-order chi connectivity index (χ1) is 4.16. The summed E-state index contributed by atoms with van der Waals surface area (Å²) in [6.07, 6.45) is 5.97. The lowest BCUT2D eigenvalue weighted by molar-refractivity contribution is 0.391. The van der Waals surface area contributed by atoms with Crippen LogP contribution in [0.3, 0.4) is 0 Å². The molecule has 0 aromatic carbocycles. The molecule has 0 saturated carbocycles. The van der Waals surface area contributed by atoms with Crippen molar-refractivity contribution in [3.63, 3.8) is 0 Å². The topological polar surface area (TPSA) is 40.5 Å². The summed E-state index contributed by atoms with van der Waals surface area (Å²) in [5, 5.41) is 16.9. The zero-order chi connectivity index (χ0) is 7.28. The maximum atomic E-state index is 8.44. The molecule has 0 rings (SSSR count). The number of hydrogen-bond acceptors (Lipinski definition) is 2. The zero-order valence-corrected chi connectivity index (χ0v) is 5.54. The van der Waals surface area contributed by atoms with Gasteiger partial charge in [-0.15, -0.1) is 12.3 Å². The lowest BCUT2D eigenvalue weighted by Gasteiger charge is -2.04. The molecule has 0 aliphatic heterocycles. The van der Waals surface area contributed by atoms with Crippen molar-refractivity contribution < 1.29 is 10.0 Å². The molecule has 3 heteroatoms. The molecule has 0 radical (unpaired) electrons. The zero-order valence-electron chi connectivity index (χ0n) is 5.54. The van der Waals surface area contributed by atoms with Gasteiger partial charge in [-0.2, -0.15) is 0 Å². The Bertz CT molecular complexity index is 106. The molecule has 0 bridgehead atoms. The molecule has 1 atom stereocenters. The molecule has 0 saturated heterocycles. The molecular weight excluding hydrogens is 115 g/mol. The van der Waals surface area contributed by atoms with Crippen LogP contribution in [0.5, 0.6) is 0 Å². The Morgan fingerprint density at radius 1 is 1.67 bits per heavy atom. The van der Waals surface area contributed by atoms with E-state index in [2.05, 4.69) is 5.92 Å². The van der Waals surface area contributed by atoms with Gasteiger partial charge in [0.05, 0.1) is 0 Å². The third-order valence-electron chi connectivity index (χ3n) is 1.08. The van der Waals surface area contributed by atoms with E-state index in [1.54, 1.807) is 0 Å². The Morgan fingerprint density at radius 3 is 2.56 bits per heavy atom. The summed E-state index contributed by atoms with van der Waals surface area (Å²) >= 11 is 0. The SMILES string of the molecule is C#CCC(C)CB(O)O. The smallest absolute Gasteiger partial charge is 0.427 e. The monoisotopic (exact) mass is 126 g/mol. The average molecular weight is 126 g/mol. The van der Waals surface area contributed by atoms with E-state index in [0.717, 1.165) is 0 Å². The molecule has 0 aliphatic carbocycles. The van der Waals surface area contributed by atoms with E-state index in [-0.39, 0.29) is 5.92 Å². The summed E-state index contributed by atoms with van der Waals surface area (Å²) in [5.74, 6) is 2.65. The number of hydrogen-bond donors (Lipinski definition) is 2. The molecule has 0 aliphatic rings. The van der Waals surface area contributed by atoms with Crippen molar-refractivity contribution in [2.75, 3.05) is 0 Å². The van der Waals surface area contributed by atoms with Gasteiger partial charge in [0.1, 0.15) is 0 Å². The van der Waals surface area contributed by atoms with E-state index in [4.69, 9.17) is 16.5 Å². The van der Waals surface area contributed by atoms with Crippen LogP contribution >= 0.6 is 0 Å². The van der Waals surface area contributed by atoms with Crippen LogP contribution in [-0.2, 0) is 0 Å². The second kappa shape index (κ2) is 4.43. The fourth-order valence-electron chi connectivity index (χ4n) is 0.644. The van der Waals surface area contributed by atoms with E-state index in [9.17, 15) is 0 Å². The van der Waals surface area contributed by atoms with Crippen molar-refractivity contribution in [1.82, 2.24) is 0 Å². The highest BCUT2D eigenvalue weighted by Crippen LogP contribution is 2.07. The van der Waals surface area contributed by atoms with Crippen molar-refractivity contribution in [3.8, 4) is 12.3 Å². The third kappa shape index (κ3) is 5.42. The summed E-state index contributed by atoms with van der Waals surface area (Å²) in [4.78, 5) is 0. The Morgan fingerprint density at radius 2 is 2.22 bits per heavy atom. The van der Waals surface area contributed by atoms with Crippen LogP contribution in [0.15, 0.2) is 0 Å². The minimum atomic E-state index is -1.21. The first kappa shape index (κ1) is 8.54. The summed E-state index contributed by atoms with van der Waals surface area (Å²) in [6.45, 7) is 1.89. The first-order valence-corrected chi connectivity index (χ1v) is 2.96.